The lowest BCUT2D eigenvalue weighted by Crippen LogP contribution is -2.42. The molecule has 0 spiro atoms. The molecular weight excluding hydrogens is 195 g/mol. The van der Waals surface area contributed by atoms with Crippen molar-refractivity contribution in [2.24, 2.45) is 0 Å². The van der Waals surface area contributed by atoms with Gasteiger partial charge in [0.1, 0.15) is 0 Å². The van der Waals surface area contributed by atoms with Gasteiger partial charge in [0.05, 0.1) is 0 Å². The van der Waals surface area contributed by atoms with Crippen LogP contribution < -0.4 is 5.32 Å². The largest absolute Gasteiger partial charge is 0.471 e. The molecule has 0 saturated heterocycles. The molecule has 1 aliphatic carbocycles. The first-order chi connectivity index (χ1) is 6.50. The highest BCUT2D eigenvalue weighted by molar-refractivity contribution is 5.81. The summed E-state index contributed by atoms with van der Waals surface area (Å²) in [5.74, 6) is -1.80. The van der Waals surface area contributed by atoms with Gasteiger partial charge in [0.25, 0.3) is 0 Å². The van der Waals surface area contributed by atoms with Crippen LogP contribution in [0.1, 0.15) is 38.5 Å². The second kappa shape index (κ2) is 4.66. The van der Waals surface area contributed by atoms with Crippen molar-refractivity contribution in [2.45, 2.75) is 50.7 Å². The first kappa shape index (κ1) is 11.3. The van der Waals surface area contributed by atoms with Crippen molar-refractivity contribution in [1.82, 2.24) is 5.32 Å². The Morgan fingerprint density at radius 3 is 2.00 bits per heavy atom. The van der Waals surface area contributed by atoms with Crippen molar-refractivity contribution < 1.29 is 18.0 Å². The maximum absolute atomic E-state index is 11.9. The Labute approximate surface area is 80.9 Å². The van der Waals surface area contributed by atoms with E-state index in [4.69, 9.17) is 0 Å². The number of hydrogen-bond donors (Lipinski definition) is 1. The number of hydrogen-bond acceptors (Lipinski definition) is 1. The zero-order valence-electron chi connectivity index (χ0n) is 7.86. The first-order valence-electron chi connectivity index (χ1n) is 4.88. The minimum Gasteiger partial charge on any atom is -0.346 e. The van der Waals surface area contributed by atoms with Crippen molar-refractivity contribution >= 4 is 5.91 Å². The number of halogens is 3. The number of rotatable bonds is 1. The molecule has 0 aromatic rings. The molecule has 0 bridgehead atoms. The molecule has 1 amide bonds. The van der Waals surface area contributed by atoms with Gasteiger partial charge in [-0.1, -0.05) is 25.7 Å². The minimum atomic E-state index is -4.74. The monoisotopic (exact) mass is 209 g/mol. The second-order valence-electron chi connectivity index (χ2n) is 3.66. The van der Waals surface area contributed by atoms with Crippen molar-refractivity contribution in [2.75, 3.05) is 0 Å². The van der Waals surface area contributed by atoms with E-state index in [0.717, 1.165) is 25.7 Å². The smallest absolute Gasteiger partial charge is 0.346 e. The summed E-state index contributed by atoms with van der Waals surface area (Å²) in [7, 11) is 0. The molecule has 0 heterocycles. The molecule has 2 nitrogen and oxygen atoms in total. The Hall–Kier alpha value is -0.740. The van der Waals surface area contributed by atoms with Crippen LogP contribution in [0, 0.1) is 0 Å². The summed E-state index contributed by atoms with van der Waals surface area (Å²) in [6.45, 7) is 0. The van der Waals surface area contributed by atoms with Crippen molar-refractivity contribution in [3.8, 4) is 0 Å². The molecule has 0 aromatic heterocycles. The third-order valence-electron chi connectivity index (χ3n) is 2.45. The number of carbonyl (C=O) groups excluding carboxylic acids is 1. The van der Waals surface area contributed by atoms with Crippen LogP contribution in [0.4, 0.5) is 13.2 Å². The van der Waals surface area contributed by atoms with E-state index < -0.39 is 12.1 Å². The quantitative estimate of drug-likeness (QED) is 0.660. The van der Waals surface area contributed by atoms with Crippen LogP contribution in [0.25, 0.3) is 0 Å². The maximum Gasteiger partial charge on any atom is 0.471 e. The second-order valence-corrected chi connectivity index (χ2v) is 3.66. The van der Waals surface area contributed by atoms with E-state index in [1.54, 1.807) is 0 Å². The summed E-state index contributed by atoms with van der Waals surface area (Å²) >= 11 is 0. The van der Waals surface area contributed by atoms with Crippen molar-refractivity contribution in [3.05, 3.63) is 0 Å². The maximum atomic E-state index is 11.9. The highest BCUT2D eigenvalue weighted by Gasteiger charge is 2.39. The number of carbonyl (C=O) groups is 1. The molecule has 0 atom stereocenters. The average molecular weight is 209 g/mol. The molecule has 82 valence electrons. The van der Waals surface area contributed by atoms with Crippen LogP contribution in [0.2, 0.25) is 0 Å². The van der Waals surface area contributed by atoms with Crippen molar-refractivity contribution in [3.63, 3.8) is 0 Å². The van der Waals surface area contributed by atoms with Gasteiger partial charge in [-0.3, -0.25) is 4.79 Å². The van der Waals surface area contributed by atoms with Gasteiger partial charge >= 0.3 is 12.1 Å². The summed E-state index contributed by atoms with van der Waals surface area (Å²) in [4.78, 5) is 10.6. The Bertz CT molecular complexity index is 195. The van der Waals surface area contributed by atoms with E-state index in [2.05, 4.69) is 0 Å². The number of amides is 1. The van der Waals surface area contributed by atoms with E-state index in [9.17, 15) is 18.0 Å². The Morgan fingerprint density at radius 1 is 1.07 bits per heavy atom. The van der Waals surface area contributed by atoms with Crippen LogP contribution >= 0.6 is 0 Å². The third kappa shape index (κ3) is 3.55. The molecule has 1 saturated carbocycles. The van der Waals surface area contributed by atoms with Crippen LogP contribution in [0.5, 0.6) is 0 Å². The average Bonchev–Trinajstić information content (AvgIpc) is 2.31. The van der Waals surface area contributed by atoms with Gasteiger partial charge in [0, 0.05) is 6.04 Å². The van der Waals surface area contributed by atoms with Gasteiger partial charge in [-0.25, -0.2) is 0 Å². The molecular formula is C9H14F3NO. The summed E-state index contributed by atoms with van der Waals surface area (Å²) in [6.07, 6.45) is 0.512. The summed E-state index contributed by atoms with van der Waals surface area (Å²) in [5, 5.41) is 2.03. The molecule has 0 unspecified atom stereocenters. The van der Waals surface area contributed by atoms with E-state index in [1.165, 1.54) is 0 Å². The van der Waals surface area contributed by atoms with Crippen LogP contribution in [-0.2, 0) is 4.79 Å². The van der Waals surface area contributed by atoms with E-state index in [1.807, 2.05) is 5.32 Å². The lowest BCUT2D eigenvalue weighted by molar-refractivity contribution is -0.174. The topological polar surface area (TPSA) is 29.1 Å². The molecule has 0 aromatic carbocycles. The molecule has 1 N–H and O–H groups in total. The zero-order valence-corrected chi connectivity index (χ0v) is 7.86. The molecule has 0 aliphatic heterocycles. The molecule has 1 aliphatic rings. The lowest BCUT2D eigenvalue weighted by atomic mass is 10.1. The fourth-order valence-corrected chi connectivity index (χ4v) is 1.69. The number of nitrogens with one attached hydrogen (secondary N) is 1. The van der Waals surface area contributed by atoms with E-state index >= 15 is 0 Å². The highest BCUT2D eigenvalue weighted by Crippen LogP contribution is 2.20. The van der Waals surface area contributed by atoms with Gasteiger partial charge in [-0.15, -0.1) is 0 Å². The van der Waals surface area contributed by atoms with Crippen LogP contribution in [-0.4, -0.2) is 18.1 Å². The Morgan fingerprint density at radius 2 is 1.57 bits per heavy atom. The van der Waals surface area contributed by atoms with E-state index in [0.29, 0.717) is 12.8 Å². The Kier molecular flexibility index (Phi) is 3.77. The highest BCUT2D eigenvalue weighted by atomic mass is 19.4. The molecule has 14 heavy (non-hydrogen) atoms. The van der Waals surface area contributed by atoms with Gasteiger partial charge in [-0.2, -0.15) is 13.2 Å². The standard InChI is InChI=1S/C9H14F3NO/c10-9(11,12)8(14)13-7-5-3-1-2-4-6-7/h7H,1-6H2,(H,13,14). The zero-order chi connectivity index (χ0) is 10.6. The normalized spacial score (nSPS) is 20.2. The van der Waals surface area contributed by atoms with Gasteiger partial charge < -0.3 is 5.32 Å². The third-order valence-corrected chi connectivity index (χ3v) is 2.45. The summed E-state index contributed by atoms with van der Waals surface area (Å²) in [6, 6.07) is -0.286. The van der Waals surface area contributed by atoms with Gasteiger partial charge in [-0.05, 0) is 12.8 Å². The SMILES string of the molecule is O=C(NC1CCCCCC1)C(F)(F)F. The molecule has 0 radical (unpaired) electrons. The molecule has 1 fully saturated rings. The van der Waals surface area contributed by atoms with Gasteiger partial charge in [0.15, 0.2) is 0 Å². The number of alkyl halides is 3. The predicted molar refractivity (Wildman–Crippen MR) is 45.7 cm³/mol. The van der Waals surface area contributed by atoms with Crippen molar-refractivity contribution in [1.29, 1.82) is 0 Å². The van der Waals surface area contributed by atoms with Crippen LogP contribution in [0.3, 0.4) is 0 Å². The lowest BCUT2D eigenvalue weighted by Gasteiger charge is -2.16. The van der Waals surface area contributed by atoms with E-state index in [-0.39, 0.29) is 6.04 Å². The predicted octanol–water partition coefficient (Wildman–Crippen LogP) is 2.39. The fourth-order valence-electron chi connectivity index (χ4n) is 1.69. The summed E-state index contributed by atoms with van der Waals surface area (Å²) < 4.78 is 35.7. The summed E-state index contributed by atoms with van der Waals surface area (Å²) in [5.41, 5.74) is 0. The molecule has 5 heteroatoms. The van der Waals surface area contributed by atoms with Crippen LogP contribution in [0.15, 0.2) is 0 Å². The molecule has 1 rings (SSSR count). The minimum absolute atomic E-state index is 0.286. The first-order valence-corrected chi connectivity index (χ1v) is 4.88. The Balaban J connectivity index is 2.38. The van der Waals surface area contributed by atoms with Gasteiger partial charge in [0.2, 0.25) is 0 Å². The fraction of sp³-hybridized carbons (Fsp3) is 0.889.